The summed E-state index contributed by atoms with van der Waals surface area (Å²) >= 11 is 0. The smallest absolute Gasteiger partial charge is 0.143 e. The molecule has 43 heavy (non-hydrogen) atoms. The Bertz CT molecular complexity index is 2450. The zero-order chi connectivity index (χ0) is 28.3. The van der Waals surface area contributed by atoms with Gasteiger partial charge in [-0.05, 0) is 77.2 Å². The van der Waals surface area contributed by atoms with Crippen molar-refractivity contribution in [3.8, 4) is 11.1 Å². The lowest BCUT2D eigenvalue weighted by atomic mass is 9.98. The molecular formula is C40H25NO2. The van der Waals surface area contributed by atoms with Crippen LogP contribution in [0.3, 0.4) is 0 Å². The third kappa shape index (κ3) is 3.75. The highest BCUT2D eigenvalue weighted by molar-refractivity contribution is 6.19. The summed E-state index contributed by atoms with van der Waals surface area (Å²) in [6.07, 6.45) is 0. The second-order valence-corrected chi connectivity index (χ2v) is 10.9. The average molecular weight is 552 g/mol. The van der Waals surface area contributed by atoms with Crippen molar-refractivity contribution in [2.45, 2.75) is 0 Å². The fourth-order valence-electron chi connectivity index (χ4n) is 6.46. The SMILES string of the molecule is c1ccc(N(c2ccc(-c3cccc4oc5c6ccccc6ccc5c34)cc2)c2ccc3oc4ccccc4c3c2)cc1. The van der Waals surface area contributed by atoms with Gasteiger partial charge in [0.15, 0.2) is 0 Å². The zero-order valence-electron chi connectivity index (χ0n) is 23.2. The third-order valence-electron chi connectivity index (χ3n) is 8.46. The highest BCUT2D eigenvalue weighted by atomic mass is 16.3. The maximum absolute atomic E-state index is 6.45. The summed E-state index contributed by atoms with van der Waals surface area (Å²) in [5.41, 5.74) is 9.20. The molecule has 9 aromatic rings. The number of para-hydroxylation sites is 2. The molecule has 202 valence electrons. The van der Waals surface area contributed by atoms with Gasteiger partial charge in [-0.2, -0.15) is 0 Å². The minimum atomic E-state index is 0.890. The summed E-state index contributed by atoms with van der Waals surface area (Å²) in [7, 11) is 0. The molecular weight excluding hydrogens is 526 g/mol. The third-order valence-corrected chi connectivity index (χ3v) is 8.46. The van der Waals surface area contributed by atoms with E-state index in [9.17, 15) is 0 Å². The van der Waals surface area contributed by atoms with Crippen molar-refractivity contribution in [1.82, 2.24) is 0 Å². The minimum absolute atomic E-state index is 0.890. The molecule has 2 aromatic heterocycles. The van der Waals surface area contributed by atoms with Crippen molar-refractivity contribution in [2.75, 3.05) is 4.90 Å². The predicted molar refractivity (Wildman–Crippen MR) is 179 cm³/mol. The van der Waals surface area contributed by atoms with Gasteiger partial charge in [0.25, 0.3) is 0 Å². The quantitative estimate of drug-likeness (QED) is 0.218. The Morgan fingerprint density at radius 3 is 1.98 bits per heavy atom. The Kier molecular flexibility index (Phi) is 5.20. The van der Waals surface area contributed by atoms with Gasteiger partial charge < -0.3 is 13.7 Å². The van der Waals surface area contributed by atoms with Gasteiger partial charge in [-0.1, -0.05) is 91.0 Å². The van der Waals surface area contributed by atoms with Gasteiger partial charge in [0.1, 0.15) is 22.3 Å². The van der Waals surface area contributed by atoms with Crippen LogP contribution in [0.1, 0.15) is 0 Å². The van der Waals surface area contributed by atoms with Crippen molar-refractivity contribution >= 4 is 71.7 Å². The first-order chi connectivity index (χ1) is 21.3. The molecule has 0 bridgehead atoms. The van der Waals surface area contributed by atoms with Crippen LogP contribution >= 0.6 is 0 Å². The molecule has 0 amide bonds. The minimum Gasteiger partial charge on any atom is -0.456 e. The van der Waals surface area contributed by atoms with E-state index in [1.54, 1.807) is 0 Å². The van der Waals surface area contributed by atoms with Gasteiger partial charge >= 0.3 is 0 Å². The van der Waals surface area contributed by atoms with Crippen LogP contribution in [0.25, 0.3) is 65.8 Å². The number of fused-ring (bicyclic) bond motifs is 8. The van der Waals surface area contributed by atoms with Crippen LogP contribution in [-0.4, -0.2) is 0 Å². The van der Waals surface area contributed by atoms with Crippen molar-refractivity contribution in [3.05, 3.63) is 152 Å². The summed E-state index contributed by atoms with van der Waals surface area (Å²) in [5.74, 6) is 0. The molecule has 3 heteroatoms. The topological polar surface area (TPSA) is 29.5 Å². The van der Waals surface area contributed by atoms with Crippen LogP contribution in [0.15, 0.2) is 160 Å². The molecule has 7 aromatic carbocycles. The largest absolute Gasteiger partial charge is 0.456 e. The first-order valence-electron chi connectivity index (χ1n) is 14.5. The summed E-state index contributed by atoms with van der Waals surface area (Å²) in [5, 5.41) is 6.83. The van der Waals surface area contributed by atoms with E-state index in [1.165, 1.54) is 5.39 Å². The average Bonchev–Trinajstić information content (AvgIpc) is 3.64. The van der Waals surface area contributed by atoms with Gasteiger partial charge in [0, 0.05) is 44.0 Å². The monoisotopic (exact) mass is 551 g/mol. The standard InChI is InChI=1S/C40H25NO2/c1-2-10-28(11-3-1)41(30-22-24-37-35(25-30)33-13-6-7-15-36(33)42-37)29-20-17-27(18-21-29)31-14-8-16-38-39(31)34-23-19-26-9-4-5-12-32(26)40(34)43-38/h1-25H. The van der Waals surface area contributed by atoms with Crippen LogP contribution < -0.4 is 4.90 Å². The van der Waals surface area contributed by atoms with E-state index in [0.29, 0.717) is 0 Å². The molecule has 9 rings (SSSR count). The molecule has 0 spiro atoms. The molecule has 0 unspecified atom stereocenters. The highest BCUT2D eigenvalue weighted by Crippen LogP contribution is 2.42. The summed E-state index contributed by atoms with van der Waals surface area (Å²) in [6, 6.07) is 53.1. The number of rotatable bonds is 4. The Hall–Kier alpha value is -5.80. The van der Waals surface area contributed by atoms with Crippen molar-refractivity contribution in [2.24, 2.45) is 0 Å². The maximum Gasteiger partial charge on any atom is 0.143 e. The van der Waals surface area contributed by atoms with Crippen LogP contribution in [-0.2, 0) is 0 Å². The van der Waals surface area contributed by atoms with Crippen molar-refractivity contribution in [3.63, 3.8) is 0 Å². The Balaban J connectivity index is 1.19. The Morgan fingerprint density at radius 1 is 0.395 bits per heavy atom. The van der Waals surface area contributed by atoms with E-state index < -0.39 is 0 Å². The van der Waals surface area contributed by atoms with Gasteiger partial charge in [-0.3, -0.25) is 0 Å². The molecule has 0 radical (unpaired) electrons. The van der Waals surface area contributed by atoms with E-state index in [2.05, 4.69) is 144 Å². The van der Waals surface area contributed by atoms with Gasteiger partial charge in [-0.25, -0.2) is 0 Å². The fraction of sp³-hybridized carbons (Fsp3) is 0. The number of anilines is 3. The van der Waals surface area contributed by atoms with Crippen molar-refractivity contribution < 1.29 is 8.83 Å². The molecule has 0 atom stereocenters. The van der Waals surface area contributed by atoms with E-state index in [4.69, 9.17) is 8.83 Å². The summed E-state index contributed by atoms with van der Waals surface area (Å²) < 4.78 is 12.6. The molecule has 0 aliphatic heterocycles. The lowest BCUT2D eigenvalue weighted by molar-refractivity contribution is 0.669. The summed E-state index contributed by atoms with van der Waals surface area (Å²) in [6.45, 7) is 0. The highest BCUT2D eigenvalue weighted by Gasteiger charge is 2.17. The summed E-state index contributed by atoms with van der Waals surface area (Å²) in [4.78, 5) is 2.30. The molecule has 0 aliphatic rings. The normalized spacial score (nSPS) is 11.7. The molecule has 2 heterocycles. The zero-order valence-corrected chi connectivity index (χ0v) is 23.2. The maximum atomic E-state index is 6.45. The predicted octanol–water partition coefficient (Wildman–Crippen LogP) is 11.8. The first kappa shape index (κ1) is 23.9. The molecule has 0 fully saturated rings. The van der Waals surface area contributed by atoms with E-state index in [0.717, 1.165) is 77.5 Å². The molecule has 0 N–H and O–H groups in total. The number of hydrogen-bond acceptors (Lipinski definition) is 3. The van der Waals surface area contributed by atoms with Crippen LogP contribution in [0.2, 0.25) is 0 Å². The lowest BCUT2D eigenvalue weighted by Gasteiger charge is -2.25. The number of hydrogen-bond donors (Lipinski definition) is 0. The second kappa shape index (κ2) is 9.37. The Morgan fingerprint density at radius 2 is 1.09 bits per heavy atom. The lowest BCUT2D eigenvalue weighted by Crippen LogP contribution is -2.09. The van der Waals surface area contributed by atoms with Gasteiger partial charge in [0.05, 0.1) is 0 Å². The van der Waals surface area contributed by atoms with Gasteiger partial charge in [0.2, 0.25) is 0 Å². The van der Waals surface area contributed by atoms with E-state index in [1.807, 2.05) is 12.1 Å². The molecule has 0 saturated carbocycles. The van der Waals surface area contributed by atoms with Crippen molar-refractivity contribution in [1.29, 1.82) is 0 Å². The molecule has 0 saturated heterocycles. The van der Waals surface area contributed by atoms with Crippen LogP contribution in [0, 0.1) is 0 Å². The molecule has 0 aliphatic carbocycles. The van der Waals surface area contributed by atoms with Gasteiger partial charge in [-0.15, -0.1) is 0 Å². The number of nitrogens with zero attached hydrogens (tertiary/aromatic N) is 1. The number of furan rings is 2. The Labute approximate surface area is 247 Å². The van der Waals surface area contributed by atoms with E-state index >= 15 is 0 Å². The number of benzene rings is 7. The van der Waals surface area contributed by atoms with E-state index in [-0.39, 0.29) is 0 Å². The fourth-order valence-corrected chi connectivity index (χ4v) is 6.46. The second-order valence-electron chi connectivity index (χ2n) is 10.9. The van der Waals surface area contributed by atoms with Crippen LogP contribution in [0.5, 0.6) is 0 Å². The van der Waals surface area contributed by atoms with Crippen LogP contribution in [0.4, 0.5) is 17.1 Å². The first-order valence-corrected chi connectivity index (χ1v) is 14.5. The molecule has 3 nitrogen and oxygen atoms in total.